The summed E-state index contributed by atoms with van der Waals surface area (Å²) in [5.74, 6) is -2.30. The van der Waals surface area contributed by atoms with Crippen molar-refractivity contribution in [2.24, 2.45) is 5.92 Å². The smallest absolute Gasteiger partial charge is 0.249 e. The number of hydrogen-bond acceptors (Lipinski definition) is 4. The van der Waals surface area contributed by atoms with Crippen LogP contribution < -0.4 is 5.32 Å². The first-order valence-electron chi connectivity index (χ1n) is 7.64. The molecule has 1 unspecified atom stereocenters. The molecule has 0 aliphatic rings. The minimum Gasteiger partial charge on any atom is -0.316 e. The summed E-state index contributed by atoms with van der Waals surface area (Å²) in [6.45, 7) is 7.74. The number of hydrogen-bond donors (Lipinski definition) is 1. The molecule has 0 saturated heterocycles. The summed E-state index contributed by atoms with van der Waals surface area (Å²) in [6, 6.07) is 13.8. The van der Waals surface area contributed by atoms with E-state index < -0.39 is 17.6 Å². The maximum absolute atomic E-state index is 11.9. The standard InChI is InChI=1S/C19H20N2O2S/c1-12(22)15(11-20)18(23)21-17-10-9-16(24-17)13-5-7-14(8-6-13)19(2,3)4/h5-10,15H,1-4H3,(H,21,23). The van der Waals surface area contributed by atoms with Gasteiger partial charge in [-0.25, -0.2) is 0 Å². The molecule has 4 nitrogen and oxygen atoms in total. The van der Waals surface area contributed by atoms with Crippen LogP contribution in [0.1, 0.15) is 33.3 Å². The molecule has 124 valence electrons. The number of amides is 1. The molecular weight excluding hydrogens is 320 g/mol. The Kier molecular flexibility index (Phi) is 5.20. The van der Waals surface area contributed by atoms with Crippen molar-refractivity contribution < 1.29 is 9.59 Å². The molecule has 0 radical (unpaired) electrons. The van der Waals surface area contributed by atoms with Crippen molar-refractivity contribution in [3.8, 4) is 16.5 Å². The molecule has 1 N–H and O–H groups in total. The van der Waals surface area contributed by atoms with E-state index in [1.54, 1.807) is 12.1 Å². The van der Waals surface area contributed by atoms with Crippen LogP contribution in [0.15, 0.2) is 36.4 Å². The molecule has 0 bridgehead atoms. The molecule has 2 aromatic rings. The van der Waals surface area contributed by atoms with Crippen molar-refractivity contribution >= 4 is 28.0 Å². The zero-order valence-electron chi connectivity index (χ0n) is 14.2. The van der Waals surface area contributed by atoms with Gasteiger partial charge in [-0.15, -0.1) is 11.3 Å². The SMILES string of the molecule is CC(=O)C(C#N)C(=O)Nc1ccc(-c2ccc(C(C)(C)C)cc2)s1. The molecule has 1 aromatic carbocycles. The minimum absolute atomic E-state index is 0.103. The maximum atomic E-state index is 11.9. The quantitative estimate of drug-likeness (QED) is 0.840. The molecular formula is C19H20N2O2S. The lowest BCUT2D eigenvalue weighted by Crippen LogP contribution is -2.26. The van der Waals surface area contributed by atoms with Gasteiger partial charge in [-0.1, -0.05) is 45.0 Å². The Bertz CT molecular complexity index is 792. The number of anilines is 1. The third-order valence-corrected chi connectivity index (χ3v) is 4.74. The van der Waals surface area contributed by atoms with Crippen LogP contribution in [0, 0.1) is 17.2 Å². The summed E-state index contributed by atoms with van der Waals surface area (Å²) in [5, 5.41) is 12.1. The average molecular weight is 340 g/mol. The Morgan fingerprint density at radius 2 is 1.75 bits per heavy atom. The molecule has 2 rings (SSSR count). The number of rotatable bonds is 4. The summed E-state index contributed by atoms with van der Waals surface area (Å²) in [7, 11) is 0. The van der Waals surface area contributed by atoms with Crippen LogP contribution in [0.3, 0.4) is 0 Å². The number of carbonyl (C=O) groups excluding carboxylic acids is 2. The molecule has 0 spiro atoms. The highest BCUT2D eigenvalue weighted by molar-refractivity contribution is 7.19. The molecule has 0 fully saturated rings. The molecule has 0 aliphatic carbocycles. The van der Waals surface area contributed by atoms with Crippen LogP contribution in [-0.2, 0) is 15.0 Å². The van der Waals surface area contributed by atoms with Gasteiger partial charge in [0, 0.05) is 4.88 Å². The Morgan fingerprint density at radius 1 is 1.12 bits per heavy atom. The van der Waals surface area contributed by atoms with Crippen molar-refractivity contribution in [1.29, 1.82) is 5.26 Å². The van der Waals surface area contributed by atoms with Crippen LogP contribution in [0.5, 0.6) is 0 Å². The van der Waals surface area contributed by atoms with E-state index in [1.807, 2.05) is 6.07 Å². The Labute approximate surface area is 146 Å². The van der Waals surface area contributed by atoms with Crippen LogP contribution in [0.4, 0.5) is 5.00 Å². The first-order valence-corrected chi connectivity index (χ1v) is 8.45. The summed E-state index contributed by atoms with van der Waals surface area (Å²) >= 11 is 1.41. The van der Waals surface area contributed by atoms with Crippen molar-refractivity contribution in [2.75, 3.05) is 5.32 Å². The van der Waals surface area contributed by atoms with Crippen LogP contribution >= 0.6 is 11.3 Å². The highest BCUT2D eigenvalue weighted by Gasteiger charge is 2.23. The van der Waals surface area contributed by atoms with Gasteiger partial charge in [0.2, 0.25) is 5.91 Å². The zero-order valence-corrected chi connectivity index (χ0v) is 15.0. The van der Waals surface area contributed by atoms with Gasteiger partial charge in [0.05, 0.1) is 11.1 Å². The van der Waals surface area contributed by atoms with Gasteiger partial charge in [0.25, 0.3) is 0 Å². The van der Waals surface area contributed by atoms with E-state index in [0.717, 1.165) is 10.4 Å². The summed E-state index contributed by atoms with van der Waals surface area (Å²) < 4.78 is 0. The lowest BCUT2D eigenvalue weighted by Gasteiger charge is -2.18. The molecule has 1 heterocycles. The Balaban J connectivity index is 2.15. The van der Waals surface area contributed by atoms with Crippen molar-refractivity contribution in [1.82, 2.24) is 0 Å². The highest BCUT2D eigenvalue weighted by atomic mass is 32.1. The number of benzene rings is 1. The predicted octanol–water partition coefficient (Wildman–Crippen LogP) is 4.38. The highest BCUT2D eigenvalue weighted by Crippen LogP contribution is 2.33. The molecule has 0 saturated carbocycles. The lowest BCUT2D eigenvalue weighted by atomic mass is 9.86. The van der Waals surface area contributed by atoms with Gasteiger partial charge in [-0.3, -0.25) is 9.59 Å². The van der Waals surface area contributed by atoms with Gasteiger partial charge in [0.1, 0.15) is 0 Å². The number of nitriles is 1. The largest absolute Gasteiger partial charge is 0.316 e. The zero-order chi connectivity index (χ0) is 17.9. The van der Waals surface area contributed by atoms with E-state index in [0.29, 0.717) is 5.00 Å². The number of Topliss-reactive ketones (excluding diaryl/α,β-unsaturated/α-hetero) is 1. The van der Waals surface area contributed by atoms with Crippen molar-refractivity contribution in [2.45, 2.75) is 33.1 Å². The summed E-state index contributed by atoms with van der Waals surface area (Å²) in [6.07, 6.45) is 0. The molecule has 24 heavy (non-hydrogen) atoms. The van der Waals surface area contributed by atoms with Crippen LogP contribution in [0.25, 0.3) is 10.4 Å². The molecule has 5 heteroatoms. The number of nitrogens with one attached hydrogen (secondary N) is 1. The molecule has 0 aliphatic heterocycles. The van der Waals surface area contributed by atoms with E-state index in [2.05, 4.69) is 50.4 Å². The summed E-state index contributed by atoms with van der Waals surface area (Å²) in [4.78, 5) is 24.2. The van der Waals surface area contributed by atoms with Gasteiger partial charge in [0.15, 0.2) is 11.7 Å². The first-order chi connectivity index (χ1) is 11.2. The number of carbonyl (C=O) groups is 2. The monoisotopic (exact) mass is 340 g/mol. The number of ketones is 1. The second-order valence-electron chi connectivity index (χ2n) is 6.65. The van der Waals surface area contributed by atoms with E-state index in [9.17, 15) is 9.59 Å². The predicted molar refractivity (Wildman–Crippen MR) is 96.9 cm³/mol. The van der Waals surface area contributed by atoms with Gasteiger partial charge in [-0.05, 0) is 35.6 Å². The number of thiophene rings is 1. The lowest BCUT2D eigenvalue weighted by molar-refractivity contribution is -0.127. The fraction of sp³-hybridized carbons (Fsp3) is 0.316. The molecule has 1 amide bonds. The summed E-state index contributed by atoms with van der Waals surface area (Å²) in [5.41, 5.74) is 2.43. The Hall–Kier alpha value is -2.45. The van der Waals surface area contributed by atoms with Crippen molar-refractivity contribution in [3.63, 3.8) is 0 Å². The van der Waals surface area contributed by atoms with Gasteiger partial charge >= 0.3 is 0 Å². The van der Waals surface area contributed by atoms with E-state index >= 15 is 0 Å². The molecule has 1 atom stereocenters. The van der Waals surface area contributed by atoms with Crippen LogP contribution in [0.2, 0.25) is 0 Å². The molecule has 1 aromatic heterocycles. The fourth-order valence-corrected chi connectivity index (χ4v) is 3.14. The average Bonchev–Trinajstić information content (AvgIpc) is 2.95. The van der Waals surface area contributed by atoms with Crippen molar-refractivity contribution in [3.05, 3.63) is 42.0 Å². The van der Waals surface area contributed by atoms with Gasteiger partial charge in [-0.2, -0.15) is 5.26 Å². The third kappa shape index (κ3) is 4.09. The number of nitrogens with zero attached hydrogens (tertiary/aromatic N) is 1. The maximum Gasteiger partial charge on any atom is 0.249 e. The van der Waals surface area contributed by atoms with E-state index in [-0.39, 0.29) is 5.41 Å². The topological polar surface area (TPSA) is 70.0 Å². The third-order valence-electron chi connectivity index (χ3n) is 3.69. The Morgan fingerprint density at radius 3 is 2.25 bits per heavy atom. The minimum atomic E-state index is -1.26. The van der Waals surface area contributed by atoms with E-state index in [4.69, 9.17) is 5.26 Å². The first kappa shape index (κ1) is 17.9. The second kappa shape index (κ2) is 6.98. The normalized spacial score (nSPS) is 12.3. The van der Waals surface area contributed by atoms with Crippen LogP contribution in [-0.4, -0.2) is 11.7 Å². The second-order valence-corrected chi connectivity index (χ2v) is 7.74. The fourth-order valence-electron chi connectivity index (χ4n) is 2.22. The van der Waals surface area contributed by atoms with Gasteiger partial charge < -0.3 is 5.32 Å². The van der Waals surface area contributed by atoms with E-state index in [1.165, 1.54) is 23.8 Å².